The van der Waals surface area contributed by atoms with Crippen molar-refractivity contribution in [1.82, 2.24) is 4.72 Å². The Morgan fingerprint density at radius 3 is 2.38 bits per heavy atom. The molecule has 0 heterocycles. The molecule has 0 atom stereocenters. The van der Waals surface area contributed by atoms with Gasteiger partial charge in [-0.2, -0.15) is 0 Å². The molecule has 1 N–H and O–H groups in total. The minimum absolute atomic E-state index is 0.0278. The number of carbonyl (C=O) groups is 1. The van der Waals surface area contributed by atoms with Crippen LogP contribution in [0.5, 0.6) is 11.5 Å². The van der Waals surface area contributed by atoms with E-state index in [0.717, 1.165) is 6.07 Å². The molecule has 1 amide bonds. The summed E-state index contributed by atoms with van der Waals surface area (Å²) in [6.07, 6.45) is 0. The van der Waals surface area contributed by atoms with Crippen LogP contribution in [0.4, 0.5) is 0 Å². The first-order chi connectivity index (χ1) is 11.3. The van der Waals surface area contributed by atoms with Gasteiger partial charge in [0.15, 0.2) is 0 Å². The van der Waals surface area contributed by atoms with Gasteiger partial charge in [-0.3, -0.25) is 4.79 Å². The van der Waals surface area contributed by atoms with Crippen LogP contribution in [0.2, 0.25) is 10.0 Å². The summed E-state index contributed by atoms with van der Waals surface area (Å²) in [5, 5.41) is 0.121. The second kappa shape index (κ2) is 7.29. The van der Waals surface area contributed by atoms with Crippen molar-refractivity contribution in [1.29, 1.82) is 0 Å². The SMILES string of the molecule is COc1ccc(C(=O)NS(=O)(=O)c2cc(Cl)ccc2Cl)c(OC)c1. The predicted octanol–water partition coefficient (Wildman–Crippen LogP) is 3.13. The number of rotatable bonds is 5. The zero-order chi connectivity index (χ0) is 17.9. The van der Waals surface area contributed by atoms with Crippen LogP contribution >= 0.6 is 23.2 Å². The Hall–Kier alpha value is -1.96. The Morgan fingerprint density at radius 1 is 1.04 bits per heavy atom. The van der Waals surface area contributed by atoms with Gasteiger partial charge >= 0.3 is 0 Å². The van der Waals surface area contributed by atoms with Crippen molar-refractivity contribution >= 4 is 39.1 Å². The molecule has 0 bridgehead atoms. The Labute approximate surface area is 149 Å². The first-order valence-electron chi connectivity index (χ1n) is 6.52. The molecule has 0 saturated carbocycles. The third kappa shape index (κ3) is 3.92. The molecule has 0 aliphatic rings. The topological polar surface area (TPSA) is 81.7 Å². The fourth-order valence-corrected chi connectivity index (χ4v) is 3.63. The van der Waals surface area contributed by atoms with Gasteiger partial charge in [-0.25, -0.2) is 13.1 Å². The average molecular weight is 390 g/mol. The van der Waals surface area contributed by atoms with E-state index in [1.165, 1.54) is 44.6 Å². The highest BCUT2D eigenvalue weighted by Crippen LogP contribution is 2.27. The van der Waals surface area contributed by atoms with Gasteiger partial charge in [0.05, 0.1) is 24.8 Å². The van der Waals surface area contributed by atoms with E-state index >= 15 is 0 Å². The zero-order valence-corrected chi connectivity index (χ0v) is 15.0. The molecule has 24 heavy (non-hydrogen) atoms. The Bertz CT molecular complexity index is 883. The van der Waals surface area contributed by atoms with Crippen molar-refractivity contribution in [3.8, 4) is 11.5 Å². The largest absolute Gasteiger partial charge is 0.497 e. The van der Waals surface area contributed by atoms with E-state index in [2.05, 4.69) is 0 Å². The van der Waals surface area contributed by atoms with Crippen LogP contribution in [-0.4, -0.2) is 28.5 Å². The molecule has 0 aromatic heterocycles. The van der Waals surface area contributed by atoms with Crippen LogP contribution in [0.25, 0.3) is 0 Å². The predicted molar refractivity (Wildman–Crippen MR) is 90.7 cm³/mol. The summed E-state index contributed by atoms with van der Waals surface area (Å²) in [7, 11) is -1.39. The van der Waals surface area contributed by atoms with Crippen LogP contribution < -0.4 is 14.2 Å². The maximum absolute atomic E-state index is 12.4. The fraction of sp³-hybridized carbons (Fsp3) is 0.133. The lowest BCUT2D eigenvalue weighted by Crippen LogP contribution is -2.31. The number of hydrogen-bond acceptors (Lipinski definition) is 5. The lowest BCUT2D eigenvalue weighted by molar-refractivity contribution is 0.0978. The summed E-state index contributed by atoms with van der Waals surface area (Å²) in [5.74, 6) is -0.242. The smallest absolute Gasteiger partial charge is 0.268 e. The lowest BCUT2D eigenvalue weighted by Gasteiger charge is -2.12. The van der Waals surface area contributed by atoms with Crippen LogP contribution in [0.1, 0.15) is 10.4 Å². The van der Waals surface area contributed by atoms with E-state index in [1.54, 1.807) is 0 Å². The standard InChI is InChI=1S/C15H13Cl2NO5S/c1-22-10-4-5-11(13(8-10)23-2)15(19)18-24(20,21)14-7-9(16)3-6-12(14)17/h3-8H,1-2H3,(H,18,19). The van der Waals surface area contributed by atoms with Crippen molar-refractivity contribution in [2.24, 2.45) is 0 Å². The molecular formula is C15H13Cl2NO5S. The number of sulfonamides is 1. The molecule has 0 saturated heterocycles. The first kappa shape index (κ1) is 18.4. The normalized spacial score (nSPS) is 11.0. The number of benzene rings is 2. The van der Waals surface area contributed by atoms with E-state index in [4.69, 9.17) is 32.7 Å². The minimum Gasteiger partial charge on any atom is -0.497 e. The Kier molecular flexibility index (Phi) is 5.58. The number of nitrogens with one attached hydrogen (secondary N) is 1. The molecule has 0 fully saturated rings. The van der Waals surface area contributed by atoms with Crippen LogP contribution in [0.15, 0.2) is 41.3 Å². The molecule has 6 nitrogen and oxygen atoms in total. The highest BCUT2D eigenvalue weighted by molar-refractivity contribution is 7.90. The van der Waals surface area contributed by atoms with Crippen LogP contribution in [-0.2, 0) is 10.0 Å². The van der Waals surface area contributed by atoms with Crippen LogP contribution in [0.3, 0.4) is 0 Å². The van der Waals surface area contributed by atoms with Gasteiger partial charge in [-0.05, 0) is 30.3 Å². The summed E-state index contributed by atoms with van der Waals surface area (Å²) >= 11 is 11.7. The quantitative estimate of drug-likeness (QED) is 0.849. The van der Waals surface area contributed by atoms with Gasteiger partial charge < -0.3 is 9.47 Å². The van der Waals surface area contributed by atoms with E-state index in [-0.39, 0.29) is 26.3 Å². The molecule has 2 aromatic carbocycles. The molecule has 128 valence electrons. The molecule has 9 heteroatoms. The molecule has 2 aromatic rings. The van der Waals surface area contributed by atoms with E-state index in [1.807, 2.05) is 4.72 Å². The number of ether oxygens (including phenoxy) is 2. The maximum atomic E-state index is 12.4. The highest BCUT2D eigenvalue weighted by atomic mass is 35.5. The molecule has 0 aliphatic heterocycles. The summed E-state index contributed by atoms with van der Waals surface area (Å²) < 4.78 is 36.8. The van der Waals surface area contributed by atoms with Crippen molar-refractivity contribution in [2.75, 3.05) is 14.2 Å². The first-order valence-corrected chi connectivity index (χ1v) is 8.76. The lowest BCUT2D eigenvalue weighted by atomic mass is 10.2. The summed E-state index contributed by atoms with van der Waals surface area (Å²) in [5.41, 5.74) is 0.0278. The van der Waals surface area contributed by atoms with Crippen molar-refractivity contribution in [3.05, 3.63) is 52.0 Å². The third-order valence-corrected chi connectivity index (χ3v) is 5.11. The van der Waals surface area contributed by atoms with Gasteiger partial charge in [-0.15, -0.1) is 0 Å². The Balaban J connectivity index is 2.37. The average Bonchev–Trinajstić information content (AvgIpc) is 2.55. The number of amides is 1. The van der Waals surface area contributed by atoms with Gasteiger partial charge in [0.2, 0.25) is 0 Å². The second-order valence-electron chi connectivity index (χ2n) is 4.58. The summed E-state index contributed by atoms with van der Waals surface area (Å²) in [6.45, 7) is 0. The monoisotopic (exact) mass is 389 g/mol. The van der Waals surface area contributed by atoms with Gasteiger partial charge in [-0.1, -0.05) is 23.2 Å². The third-order valence-electron chi connectivity index (χ3n) is 3.06. The van der Waals surface area contributed by atoms with Gasteiger partial charge in [0.25, 0.3) is 15.9 Å². The molecule has 0 aliphatic carbocycles. The fourth-order valence-electron chi connectivity index (χ4n) is 1.90. The zero-order valence-electron chi connectivity index (χ0n) is 12.7. The molecule has 0 radical (unpaired) electrons. The number of carbonyl (C=O) groups excluding carboxylic acids is 1. The van der Waals surface area contributed by atoms with E-state index < -0.39 is 15.9 Å². The van der Waals surface area contributed by atoms with E-state index in [0.29, 0.717) is 5.75 Å². The maximum Gasteiger partial charge on any atom is 0.268 e. The molecule has 0 spiro atoms. The second-order valence-corrected chi connectivity index (χ2v) is 7.07. The summed E-state index contributed by atoms with van der Waals surface area (Å²) in [4.78, 5) is 12.0. The number of methoxy groups -OCH3 is 2. The van der Waals surface area contributed by atoms with Crippen molar-refractivity contribution in [3.63, 3.8) is 0 Å². The summed E-state index contributed by atoms with van der Waals surface area (Å²) in [6, 6.07) is 8.30. The van der Waals surface area contributed by atoms with Crippen molar-refractivity contribution in [2.45, 2.75) is 4.90 Å². The van der Waals surface area contributed by atoms with Gasteiger partial charge in [0.1, 0.15) is 16.4 Å². The number of hydrogen-bond donors (Lipinski definition) is 1. The minimum atomic E-state index is -4.20. The van der Waals surface area contributed by atoms with Gasteiger partial charge in [0, 0.05) is 11.1 Å². The van der Waals surface area contributed by atoms with Crippen molar-refractivity contribution < 1.29 is 22.7 Å². The highest BCUT2D eigenvalue weighted by Gasteiger charge is 2.24. The molecular weight excluding hydrogens is 377 g/mol. The number of halogens is 2. The van der Waals surface area contributed by atoms with E-state index in [9.17, 15) is 13.2 Å². The Morgan fingerprint density at radius 2 is 1.75 bits per heavy atom. The molecule has 0 unspecified atom stereocenters. The van der Waals surface area contributed by atoms with Crippen LogP contribution in [0, 0.1) is 0 Å². The molecule has 2 rings (SSSR count).